The molecule has 0 saturated carbocycles. The topological polar surface area (TPSA) is 27.7 Å². The molecule has 0 aromatic heterocycles. The van der Waals surface area contributed by atoms with E-state index in [0.717, 1.165) is 5.46 Å². The fourth-order valence-corrected chi connectivity index (χ4v) is 2.72. The molecule has 0 radical (unpaired) electrons. The van der Waals surface area contributed by atoms with Crippen molar-refractivity contribution in [3.05, 3.63) is 58.9 Å². The molecule has 1 heterocycles. The fourth-order valence-electron chi connectivity index (χ4n) is 2.52. The number of rotatable bonds is 4. The molecule has 1 aliphatic rings. The van der Waals surface area contributed by atoms with Crippen molar-refractivity contribution in [2.75, 3.05) is 0 Å². The standard InChI is InChI=1S/C19H21BClFO3/c1-18(2)19(3,4)25-20(24-18)14-8-10-15(11-9-14)23-12-13-6-5-7-16(21)17(13)22/h5-11H,12H2,1-4H3. The molecule has 0 atom stereocenters. The van der Waals surface area contributed by atoms with Crippen LogP contribution in [0.1, 0.15) is 33.3 Å². The van der Waals surface area contributed by atoms with Gasteiger partial charge in [-0.25, -0.2) is 4.39 Å². The van der Waals surface area contributed by atoms with Gasteiger partial charge < -0.3 is 14.0 Å². The Morgan fingerprint density at radius 3 is 2.20 bits per heavy atom. The van der Waals surface area contributed by atoms with Crippen LogP contribution in [0.15, 0.2) is 42.5 Å². The largest absolute Gasteiger partial charge is 0.494 e. The van der Waals surface area contributed by atoms with Gasteiger partial charge in [0.05, 0.1) is 16.2 Å². The van der Waals surface area contributed by atoms with Crippen LogP contribution in [0, 0.1) is 5.82 Å². The van der Waals surface area contributed by atoms with Crippen molar-refractivity contribution in [3.63, 3.8) is 0 Å². The van der Waals surface area contributed by atoms with E-state index in [-0.39, 0.29) is 22.8 Å². The molecule has 0 amide bonds. The van der Waals surface area contributed by atoms with Crippen molar-refractivity contribution in [3.8, 4) is 5.75 Å². The molecule has 0 unspecified atom stereocenters. The zero-order valence-electron chi connectivity index (χ0n) is 14.8. The maximum atomic E-state index is 13.9. The first-order chi connectivity index (χ1) is 11.7. The van der Waals surface area contributed by atoms with Crippen molar-refractivity contribution in [1.29, 1.82) is 0 Å². The summed E-state index contributed by atoms with van der Waals surface area (Å²) >= 11 is 5.78. The van der Waals surface area contributed by atoms with Crippen molar-refractivity contribution < 1.29 is 18.4 Å². The van der Waals surface area contributed by atoms with Gasteiger partial charge in [-0.2, -0.15) is 0 Å². The Bertz CT molecular complexity index is 746. The van der Waals surface area contributed by atoms with E-state index in [2.05, 4.69) is 0 Å². The van der Waals surface area contributed by atoms with Gasteiger partial charge in [-0.1, -0.05) is 35.9 Å². The molecule has 25 heavy (non-hydrogen) atoms. The van der Waals surface area contributed by atoms with E-state index in [4.69, 9.17) is 25.6 Å². The zero-order chi connectivity index (χ0) is 18.2. The Labute approximate surface area is 153 Å². The van der Waals surface area contributed by atoms with Crippen molar-refractivity contribution in [2.24, 2.45) is 0 Å². The van der Waals surface area contributed by atoms with Gasteiger partial charge in [-0.3, -0.25) is 0 Å². The maximum absolute atomic E-state index is 13.9. The molecule has 1 saturated heterocycles. The van der Waals surface area contributed by atoms with Gasteiger partial charge in [0.25, 0.3) is 0 Å². The monoisotopic (exact) mass is 362 g/mol. The van der Waals surface area contributed by atoms with Gasteiger partial charge in [0.15, 0.2) is 0 Å². The third kappa shape index (κ3) is 3.69. The molecule has 1 aliphatic heterocycles. The third-order valence-electron chi connectivity index (χ3n) is 4.83. The molecule has 0 bridgehead atoms. The van der Waals surface area contributed by atoms with Crippen molar-refractivity contribution in [1.82, 2.24) is 0 Å². The lowest BCUT2D eigenvalue weighted by Crippen LogP contribution is -2.41. The highest BCUT2D eigenvalue weighted by Crippen LogP contribution is 2.36. The van der Waals surface area contributed by atoms with E-state index < -0.39 is 12.9 Å². The summed E-state index contributed by atoms with van der Waals surface area (Å²) in [5, 5.41) is 0.0946. The minimum Gasteiger partial charge on any atom is -0.489 e. The second-order valence-corrected chi connectivity index (χ2v) is 7.57. The Morgan fingerprint density at radius 1 is 1.00 bits per heavy atom. The lowest BCUT2D eigenvalue weighted by molar-refractivity contribution is 0.00578. The summed E-state index contributed by atoms with van der Waals surface area (Å²) in [5.41, 5.74) is 0.580. The zero-order valence-corrected chi connectivity index (χ0v) is 15.6. The number of hydrogen-bond donors (Lipinski definition) is 0. The summed E-state index contributed by atoms with van der Waals surface area (Å²) in [6.07, 6.45) is 0. The van der Waals surface area contributed by atoms with Gasteiger partial charge in [0, 0.05) is 5.56 Å². The summed E-state index contributed by atoms with van der Waals surface area (Å²) in [6.45, 7) is 8.18. The molecule has 0 N–H and O–H groups in total. The molecule has 0 aliphatic carbocycles. The number of ether oxygens (including phenoxy) is 1. The van der Waals surface area contributed by atoms with Crippen molar-refractivity contribution >= 4 is 24.2 Å². The number of hydrogen-bond acceptors (Lipinski definition) is 3. The highest BCUT2D eigenvalue weighted by Gasteiger charge is 2.51. The van der Waals surface area contributed by atoms with Gasteiger partial charge in [0.2, 0.25) is 0 Å². The minimum atomic E-state index is -0.446. The summed E-state index contributed by atoms with van der Waals surface area (Å²) < 4.78 is 31.6. The second-order valence-electron chi connectivity index (χ2n) is 7.16. The van der Waals surface area contributed by atoms with E-state index in [0.29, 0.717) is 11.3 Å². The van der Waals surface area contributed by atoms with Gasteiger partial charge >= 0.3 is 7.12 Å². The first-order valence-corrected chi connectivity index (χ1v) is 8.59. The molecule has 3 nitrogen and oxygen atoms in total. The third-order valence-corrected chi connectivity index (χ3v) is 5.12. The van der Waals surface area contributed by atoms with Crippen molar-refractivity contribution in [2.45, 2.75) is 45.5 Å². The second kappa shape index (κ2) is 6.63. The Hall–Kier alpha value is -1.56. The quantitative estimate of drug-likeness (QED) is 0.757. The van der Waals surface area contributed by atoms with E-state index in [1.54, 1.807) is 12.1 Å². The van der Waals surface area contributed by atoms with Crippen LogP contribution in [0.5, 0.6) is 5.75 Å². The Kier molecular flexibility index (Phi) is 4.84. The molecule has 0 spiro atoms. The summed E-state index contributed by atoms with van der Waals surface area (Å²) in [7, 11) is -0.413. The maximum Gasteiger partial charge on any atom is 0.494 e. The van der Waals surface area contributed by atoms with Gasteiger partial charge in [-0.05, 0) is 51.4 Å². The molecule has 2 aromatic rings. The molecule has 3 rings (SSSR count). The first-order valence-electron chi connectivity index (χ1n) is 8.21. The Balaban J connectivity index is 1.66. The van der Waals surface area contributed by atoms with Gasteiger partial charge in [0.1, 0.15) is 18.2 Å². The normalized spacial score (nSPS) is 18.4. The molecule has 6 heteroatoms. The molecular weight excluding hydrogens is 341 g/mol. The van der Waals surface area contributed by atoms with Crippen LogP contribution in [-0.2, 0) is 15.9 Å². The van der Waals surface area contributed by atoms with E-state index in [9.17, 15) is 4.39 Å². The summed E-state index contributed by atoms with van der Waals surface area (Å²) in [4.78, 5) is 0. The lowest BCUT2D eigenvalue weighted by Gasteiger charge is -2.32. The average Bonchev–Trinajstić information content (AvgIpc) is 2.77. The smallest absolute Gasteiger partial charge is 0.489 e. The molecular formula is C19H21BClFO3. The van der Waals surface area contributed by atoms with E-state index >= 15 is 0 Å². The molecule has 1 fully saturated rings. The van der Waals surface area contributed by atoms with Gasteiger partial charge in [-0.15, -0.1) is 0 Å². The first kappa shape index (κ1) is 18.2. The molecule has 132 valence electrons. The van der Waals surface area contributed by atoms with Crippen LogP contribution in [0.2, 0.25) is 5.02 Å². The average molecular weight is 363 g/mol. The van der Waals surface area contributed by atoms with Crippen LogP contribution < -0.4 is 10.2 Å². The van der Waals surface area contributed by atoms with Crippen LogP contribution >= 0.6 is 11.6 Å². The molecule has 2 aromatic carbocycles. The van der Waals surface area contributed by atoms with Crippen LogP contribution in [0.4, 0.5) is 4.39 Å². The minimum absolute atomic E-state index is 0.0946. The summed E-state index contributed by atoms with van der Waals surface area (Å²) in [6, 6.07) is 12.3. The predicted octanol–water partition coefficient (Wildman–Crippen LogP) is 4.36. The Morgan fingerprint density at radius 2 is 1.60 bits per heavy atom. The summed E-state index contributed by atoms with van der Waals surface area (Å²) in [5.74, 6) is 0.192. The van der Waals surface area contributed by atoms with E-state index in [1.165, 1.54) is 6.07 Å². The highest BCUT2D eigenvalue weighted by molar-refractivity contribution is 6.62. The van der Waals surface area contributed by atoms with E-state index in [1.807, 2.05) is 52.0 Å². The van der Waals surface area contributed by atoms with Crippen LogP contribution in [0.25, 0.3) is 0 Å². The highest BCUT2D eigenvalue weighted by atomic mass is 35.5. The fraction of sp³-hybridized carbons (Fsp3) is 0.368. The van der Waals surface area contributed by atoms with Crippen LogP contribution in [-0.4, -0.2) is 18.3 Å². The lowest BCUT2D eigenvalue weighted by atomic mass is 9.79. The SMILES string of the molecule is CC1(C)OB(c2ccc(OCc3cccc(Cl)c3F)cc2)OC1(C)C. The number of benzene rings is 2. The predicted molar refractivity (Wildman–Crippen MR) is 97.9 cm³/mol. The van der Waals surface area contributed by atoms with Crippen LogP contribution in [0.3, 0.4) is 0 Å². The number of halogens is 2.